The van der Waals surface area contributed by atoms with Gasteiger partial charge in [0, 0.05) is 24.1 Å². The monoisotopic (exact) mass is 373 g/mol. The Morgan fingerprint density at radius 2 is 2.19 bits per heavy atom. The number of nitrogens with zero attached hydrogens (tertiary/aromatic N) is 1. The maximum absolute atomic E-state index is 5.96. The molecule has 3 aliphatic heterocycles. The molecule has 6 heteroatoms. The predicted octanol–water partition coefficient (Wildman–Crippen LogP) is 2.78. The normalized spacial score (nSPS) is 28.8. The Kier molecular flexibility index (Phi) is 5.43. The lowest BCUT2D eigenvalue weighted by molar-refractivity contribution is 0.0992. The molecule has 4 rings (SSSR count). The lowest BCUT2D eigenvalue weighted by atomic mass is 9.96. The molecule has 2 N–H and O–H groups in total. The maximum atomic E-state index is 5.96. The Morgan fingerprint density at radius 3 is 2.89 bits per heavy atom. The number of guanidine groups is 1. The highest BCUT2D eigenvalue weighted by Crippen LogP contribution is 2.36. The van der Waals surface area contributed by atoms with Crippen LogP contribution in [0.5, 0.6) is 11.5 Å². The fraction of sp³-hybridized carbons (Fsp3) is 0.667. The summed E-state index contributed by atoms with van der Waals surface area (Å²) < 4.78 is 17.8. The molecule has 0 aliphatic carbocycles. The molecule has 0 radical (unpaired) electrons. The molecule has 1 aromatic rings. The van der Waals surface area contributed by atoms with Crippen molar-refractivity contribution in [2.75, 3.05) is 13.2 Å². The van der Waals surface area contributed by atoms with Crippen molar-refractivity contribution in [3.05, 3.63) is 23.3 Å². The van der Waals surface area contributed by atoms with Gasteiger partial charge in [-0.2, -0.15) is 0 Å². The van der Waals surface area contributed by atoms with Gasteiger partial charge in [-0.1, -0.05) is 0 Å². The van der Waals surface area contributed by atoms with Crippen LogP contribution >= 0.6 is 0 Å². The van der Waals surface area contributed by atoms with E-state index in [1.54, 1.807) is 0 Å². The van der Waals surface area contributed by atoms with Gasteiger partial charge in [-0.3, -0.25) is 0 Å². The van der Waals surface area contributed by atoms with Crippen LogP contribution in [0.2, 0.25) is 0 Å². The molecule has 0 saturated carbocycles. The Bertz CT molecular complexity index is 706. The Labute approximate surface area is 161 Å². The predicted molar refractivity (Wildman–Crippen MR) is 106 cm³/mol. The minimum atomic E-state index is 0.227. The van der Waals surface area contributed by atoms with E-state index in [9.17, 15) is 0 Å². The van der Waals surface area contributed by atoms with Crippen LogP contribution in [0.15, 0.2) is 17.1 Å². The zero-order valence-corrected chi connectivity index (χ0v) is 16.6. The summed E-state index contributed by atoms with van der Waals surface area (Å²) >= 11 is 0. The first-order valence-corrected chi connectivity index (χ1v) is 10.3. The van der Waals surface area contributed by atoms with E-state index >= 15 is 0 Å². The third-order valence-corrected chi connectivity index (χ3v) is 5.56. The third-order valence-electron chi connectivity index (χ3n) is 5.56. The Hall–Kier alpha value is -1.95. The van der Waals surface area contributed by atoms with Gasteiger partial charge >= 0.3 is 0 Å². The molecule has 4 unspecified atom stereocenters. The van der Waals surface area contributed by atoms with Crippen molar-refractivity contribution < 1.29 is 14.2 Å². The van der Waals surface area contributed by atoms with E-state index in [1.807, 2.05) is 6.92 Å². The fourth-order valence-corrected chi connectivity index (χ4v) is 4.34. The molecule has 3 heterocycles. The summed E-state index contributed by atoms with van der Waals surface area (Å²) in [6, 6.07) is 4.58. The van der Waals surface area contributed by atoms with E-state index in [2.05, 4.69) is 36.6 Å². The van der Waals surface area contributed by atoms with Crippen molar-refractivity contribution in [1.29, 1.82) is 0 Å². The molecule has 0 spiro atoms. The molecule has 0 aromatic heterocycles. The molecule has 27 heavy (non-hydrogen) atoms. The number of aliphatic imine (C=N–C) groups is 1. The van der Waals surface area contributed by atoms with Gasteiger partial charge in [0.1, 0.15) is 17.6 Å². The summed E-state index contributed by atoms with van der Waals surface area (Å²) in [6.45, 7) is 8.23. The van der Waals surface area contributed by atoms with Crippen molar-refractivity contribution in [3.63, 3.8) is 0 Å². The molecule has 2 fully saturated rings. The average Bonchev–Trinajstić information content (AvgIpc) is 3.34. The summed E-state index contributed by atoms with van der Waals surface area (Å²) in [4.78, 5) is 4.82. The highest BCUT2D eigenvalue weighted by atomic mass is 16.5. The van der Waals surface area contributed by atoms with E-state index in [0.717, 1.165) is 48.8 Å². The molecule has 3 aliphatic rings. The quantitative estimate of drug-likeness (QED) is 0.593. The van der Waals surface area contributed by atoms with E-state index in [1.165, 1.54) is 12.0 Å². The molecular weight excluding hydrogens is 342 g/mol. The van der Waals surface area contributed by atoms with Crippen LogP contribution in [-0.2, 0) is 17.7 Å². The molecular formula is C21H31N3O3. The van der Waals surface area contributed by atoms with Gasteiger partial charge in [0.15, 0.2) is 5.96 Å². The van der Waals surface area contributed by atoms with E-state index < -0.39 is 0 Å². The standard InChI is InChI=1S/C21H31N3O3/c1-4-22-21(24-17-11-16-6-7-18(17)27-16)23-12-15-10-20-14(8-13(3)26-20)9-19(15)25-5-2/h9-10,13,16-18H,4-8,11-12H2,1-3H3,(H2,22,23,24). The molecule has 4 atom stereocenters. The number of fused-ring (bicyclic) bond motifs is 3. The molecule has 0 amide bonds. The first-order chi connectivity index (χ1) is 13.2. The summed E-state index contributed by atoms with van der Waals surface area (Å²) in [7, 11) is 0. The summed E-state index contributed by atoms with van der Waals surface area (Å²) in [5.41, 5.74) is 2.29. The second kappa shape index (κ2) is 7.97. The van der Waals surface area contributed by atoms with Crippen LogP contribution < -0.4 is 20.1 Å². The van der Waals surface area contributed by atoms with Crippen LogP contribution in [0.25, 0.3) is 0 Å². The van der Waals surface area contributed by atoms with Gasteiger partial charge in [0.2, 0.25) is 0 Å². The van der Waals surface area contributed by atoms with E-state index in [4.69, 9.17) is 19.2 Å². The molecule has 2 saturated heterocycles. The fourth-order valence-electron chi connectivity index (χ4n) is 4.34. The van der Waals surface area contributed by atoms with Crippen LogP contribution in [-0.4, -0.2) is 43.5 Å². The van der Waals surface area contributed by atoms with Gasteiger partial charge in [-0.15, -0.1) is 0 Å². The highest BCUT2D eigenvalue weighted by molar-refractivity contribution is 5.80. The average molecular weight is 373 g/mol. The minimum Gasteiger partial charge on any atom is -0.494 e. The SMILES string of the molecule is CCNC(=NCc1cc2c(cc1OCC)CC(C)O2)NC1CC2CCC1O2. The topological polar surface area (TPSA) is 64.1 Å². The number of rotatable bonds is 6. The first kappa shape index (κ1) is 18.4. The lowest BCUT2D eigenvalue weighted by Gasteiger charge is -2.22. The maximum Gasteiger partial charge on any atom is 0.191 e. The second-order valence-electron chi connectivity index (χ2n) is 7.69. The lowest BCUT2D eigenvalue weighted by Crippen LogP contribution is -2.47. The zero-order valence-electron chi connectivity index (χ0n) is 16.6. The summed E-state index contributed by atoms with van der Waals surface area (Å²) in [5, 5.41) is 6.93. The number of benzene rings is 1. The van der Waals surface area contributed by atoms with Gasteiger partial charge in [-0.05, 0) is 52.2 Å². The number of hydrogen-bond acceptors (Lipinski definition) is 4. The Balaban J connectivity index is 1.49. The van der Waals surface area contributed by atoms with Crippen molar-refractivity contribution in [3.8, 4) is 11.5 Å². The van der Waals surface area contributed by atoms with Crippen molar-refractivity contribution in [2.45, 2.75) is 77.4 Å². The second-order valence-corrected chi connectivity index (χ2v) is 7.69. The van der Waals surface area contributed by atoms with Gasteiger partial charge in [0.05, 0.1) is 31.4 Å². The first-order valence-electron chi connectivity index (χ1n) is 10.3. The molecule has 6 nitrogen and oxygen atoms in total. The smallest absolute Gasteiger partial charge is 0.191 e. The van der Waals surface area contributed by atoms with Crippen LogP contribution in [0.1, 0.15) is 51.2 Å². The van der Waals surface area contributed by atoms with E-state index in [-0.39, 0.29) is 6.10 Å². The third kappa shape index (κ3) is 4.00. The van der Waals surface area contributed by atoms with Crippen molar-refractivity contribution in [2.24, 2.45) is 4.99 Å². The minimum absolute atomic E-state index is 0.227. The van der Waals surface area contributed by atoms with Crippen LogP contribution in [0, 0.1) is 0 Å². The van der Waals surface area contributed by atoms with Crippen LogP contribution in [0.4, 0.5) is 0 Å². The number of nitrogens with one attached hydrogen (secondary N) is 2. The highest BCUT2D eigenvalue weighted by Gasteiger charge is 2.41. The molecule has 148 valence electrons. The Morgan fingerprint density at radius 1 is 1.30 bits per heavy atom. The van der Waals surface area contributed by atoms with Crippen LogP contribution in [0.3, 0.4) is 0 Å². The summed E-state index contributed by atoms with van der Waals surface area (Å²) in [5.74, 6) is 2.73. The number of ether oxygens (including phenoxy) is 3. The molecule has 2 bridgehead atoms. The van der Waals surface area contributed by atoms with Crippen molar-refractivity contribution in [1.82, 2.24) is 10.6 Å². The molecule has 1 aromatic carbocycles. The van der Waals surface area contributed by atoms with Gasteiger partial charge < -0.3 is 24.8 Å². The zero-order chi connectivity index (χ0) is 18.8. The van der Waals surface area contributed by atoms with E-state index in [0.29, 0.717) is 31.4 Å². The van der Waals surface area contributed by atoms with Gasteiger partial charge in [0.25, 0.3) is 0 Å². The largest absolute Gasteiger partial charge is 0.494 e. The summed E-state index contributed by atoms with van der Waals surface area (Å²) in [6.07, 6.45) is 5.34. The number of hydrogen-bond donors (Lipinski definition) is 2. The van der Waals surface area contributed by atoms with Crippen molar-refractivity contribution >= 4 is 5.96 Å². The van der Waals surface area contributed by atoms with Gasteiger partial charge in [-0.25, -0.2) is 4.99 Å².